The second kappa shape index (κ2) is 30.0. The van der Waals surface area contributed by atoms with Gasteiger partial charge in [0.1, 0.15) is 0 Å². The minimum Gasteiger partial charge on any atom is -0.381 e. The topological polar surface area (TPSA) is 9.23 Å². The average Bonchev–Trinajstić information content (AvgIpc) is 2.83. The summed E-state index contributed by atoms with van der Waals surface area (Å²) in [5.74, 6) is 0.819. The van der Waals surface area contributed by atoms with Gasteiger partial charge in [-0.05, 0) is 25.2 Å². The van der Waals surface area contributed by atoms with Gasteiger partial charge in [-0.15, -0.1) is 0 Å². The largest absolute Gasteiger partial charge is 0.381 e. The average molecular weight is 467 g/mol. The number of hydrogen-bond donors (Lipinski definition) is 0. The van der Waals surface area contributed by atoms with Crippen LogP contribution in [-0.2, 0) is 4.74 Å². The van der Waals surface area contributed by atoms with Gasteiger partial charge in [-0.25, -0.2) is 0 Å². The molecule has 0 aromatic rings. The van der Waals surface area contributed by atoms with E-state index in [0.29, 0.717) is 0 Å². The highest BCUT2D eigenvalue weighted by Gasteiger charge is 2.09. The third-order valence-corrected chi connectivity index (χ3v) is 7.43. The molecule has 0 bridgehead atoms. The highest BCUT2D eigenvalue weighted by Crippen LogP contribution is 2.20. The van der Waals surface area contributed by atoms with Crippen molar-refractivity contribution in [3.8, 4) is 0 Å². The maximum absolute atomic E-state index is 6.16. The summed E-state index contributed by atoms with van der Waals surface area (Å²) in [6.45, 7) is 8.94. The van der Waals surface area contributed by atoms with Crippen LogP contribution in [0.15, 0.2) is 0 Å². The van der Waals surface area contributed by atoms with Crippen molar-refractivity contribution >= 4 is 0 Å². The van der Waals surface area contributed by atoms with Crippen LogP contribution in [0.2, 0.25) is 0 Å². The van der Waals surface area contributed by atoms with Crippen molar-refractivity contribution in [3.05, 3.63) is 0 Å². The van der Waals surface area contributed by atoms with Gasteiger partial charge >= 0.3 is 0 Å². The molecule has 0 spiro atoms. The molecule has 0 rings (SSSR count). The minimum atomic E-state index is 0.819. The van der Waals surface area contributed by atoms with Gasteiger partial charge in [-0.2, -0.15) is 0 Å². The van der Waals surface area contributed by atoms with Crippen LogP contribution in [0, 0.1) is 5.92 Å². The molecule has 1 nitrogen and oxygen atoms in total. The van der Waals surface area contributed by atoms with Gasteiger partial charge < -0.3 is 4.74 Å². The molecule has 0 fully saturated rings. The molecule has 0 saturated heterocycles. The Morgan fingerprint density at radius 2 is 0.667 bits per heavy atom. The number of ether oxygens (including phenoxy) is 1. The first-order chi connectivity index (χ1) is 16.3. The molecule has 0 aliphatic rings. The Balaban J connectivity index is 3.75. The number of unbranched alkanes of at least 4 members (excludes halogenated alkanes) is 21. The third kappa shape index (κ3) is 28.1. The van der Waals surface area contributed by atoms with E-state index in [-0.39, 0.29) is 0 Å². The summed E-state index contributed by atoms with van der Waals surface area (Å²) in [7, 11) is 0. The fourth-order valence-electron chi connectivity index (χ4n) is 5.03. The summed E-state index contributed by atoms with van der Waals surface area (Å²) in [5.41, 5.74) is 0. The van der Waals surface area contributed by atoms with Gasteiger partial charge in [0.25, 0.3) is 0 Å². The number of hydrogen-bond acceptors (Lipinski definition) is 1. The van der Waals surface area contributed by atoms with E-state index in [1.807, 2.05) is 0 Å². The Labute approximate surface area is 211 Å². The van der Waals surface area contributed by atoms with Gasteiger partial charge in [0.05, 0.1) is 0 Å². The molecule has 0 saturated carbocycles. The molecule has 0 amide bonds. The van der Waals surface area contributed by atoms with E-state index in [0.717, 1.165) is 19.1 Å². The molecule has 0 aromatic heterocycles. The SMILES string of the molecule is CCCCCCCCCCCCCCC(CCCCCCCC)COCCCCCCCC. The van der Waals surface area contributed by atoms with Gasteiger partial charge in [0.2, 0.25) is 0 Å². The second-order valence-corrected chi connectivity index (χ2v) is 10.9. The Morgan fingerprint density at radius 1 is 0.364 bits per heavy atom. The standard InChI is InChI=1S/C32H66O/c1-4-7-10-13-16-17-18-19-20-21-23-26-29-32(28-25-22-14-11-8-5-2)31-33-30-27-24-15-12-9-6-3/h32H,4-31H2,1-3H3. The van der Waals surface area contributed by atoms with Crippen molar-refractivity contribution < 1.29 is 4.74 Å². The molecule has 1 atom stereocenters. The van der Waals surface area contributed by atoms with Crippen LogP contribution >= 0.6 is 0 Å². The maximum Gasteiger partial charge on any atom is 0.0494 e. The van der Waals surface area contributed by atoms with Crippen molar-refractivity contribution in [3.63, 3.8) is 0 Å². The highest BCUT2D eigenvalue weighted by molar-refractivity contribution is 4.61. The van der Waals surface area contributed by atoms with Crippen LogP contribution in [0.4, 0.5) is 0 Å². The van der Waals surface area contributed by atoms with Gasteiger partial charge in [-0.1, -0.05) is 168 Å². The summed E-state index contributed by atoms with van der Waals surface area (Å²) in [6, 6.07) is 0. The van der Waals surface area contributed by atoms with Gasteiger partial charge in [-0.3, -0.25) is 0 Å². The van der Waals surface area contributed by atoms with Crippen molar-refractivity contribution in [2.24, 2.45) is 5.92 Å². The minimum absolute atomic E-state index is 0.819. The Kier molecular flexibility index (Phi) is 30.0. The van der Waals surface area contributed by atoms with Crippen LogP contribution in [0.3, 0.4) is 0 Å². The second-order valence-electron chi connectivity index (χ2n) is 10.9. The summed E-state index contributed by atoms with van der Waals surface area (Å²) >= 11 is 0. The Bertz CT molecular complexity index is 326. The molecular formula is C32H66O. The van der Waals surface area contributed by atoms with Gasteiger partial charge in [0, 0.05) is 13.2 Å². The lowest BCUT2D eigenvalue weighted by Gasteiger charge is -2.17. The third-order valence-electron chi connectivity index (χ3n) is 7.43. The van der Waals surface area contributed by atoms with Crippen LogP contribution in [0.1, 0.15) is 188 Å². The quantitative estimate of drug-likeness (QED) is 0.0995. The zero-order valence-corrected chi connectivity index (χ0v) is 23.8. The molecule has 0 radical (unpaired) electrons. The van der Waals surface area contributed by atoms with Crippen molar-refractivity contribution in [2.75, 3.05) is 13.2 Å². The van der Waals surface area contributed by atoms with E-state index in [1.54, 1.807) is 0 Å². The van der Waals surface area contributed by atoms with E-state index in [1.165, 1.54) is 167 Å². The smallest absolute Gasteiger partial charge is 0.0494 e. The van der Waals surface area contributed by atoms with Crippen molar-refractivity contribution in [2.45, 2.75) is 188 Å². The molecule has 1 unspecified atom stereocenters. The molecule has 200 valence electrons. The van der Waals surface area contributed by atoms with Crippen LogP contribution in [0.25, 0.3) is 0 Å². The first-order valence-electron chi connectivity index (χ1n) is 15.9. The fourth-order valence-corrected chi connectivity index (χ4v) is 5.03. The predicted octanol–water partition coefficient (Wildman–Crippen LogP) is 11.8. The molecular weight excluding hydrogens is 400 g/mol. The molecule has 0 aliphatic heterocycles. The first kappa shape index (κ1) is 33.0. The Morgan fingerprint density at radius 3 is 1.03 bits per heavy atom. The van der Waals surface area contributed by atoms with E-state index in [4.69, 9.17) is 4.74 Å². The van der Waals surface area contributed by atoms with Crippen molar-refractivity contribution in [1.82, 2.24) is 0 Å². The summed E-state index contributed by atoms with van der Waals surface area (Å²) < 4.78 is 6.16. The van der Waals surface area contributed by atoms with E-state index < -0.39 is 0 Å². The molecule has 33 heavy (non-hydrogen) atoms. The van der Waals surface area contributed by atoms with Gasteiger partial charge in [0.15, 0.2) is 0 Å². The van der Waals surface area contributed by atoms with E-state index >= 15 is 0 Å². The molecule has 0 aliphatic carbocycles. The summed E-state index contributed by atoms with van der Waals surface area (Å²) in [5, 5.41) is 0. The summed E-state index contributed by atoms with van der Waals surface area (Å²) in [6.07, 6.45) is 36.9. The first-order valence-corrected chi connectivity index (χ1v) is 15.9. The zero-order valence-electron chi connectivity index (χ0n) is 23.8. The summed E-state index contributed by atoms with van der Waals surface area (Å²) in [4.78, 5) is 0. The van der Waals surface area contributed by atoms with Crippen LogP contribution in [0.5, 0.6) is 0 Å². The predicted molar refractivity (Wildman–Crippen MR) is 151 cm³/mol. The zero-order chi connectivity index (χ0) is 24.1. The van der Waals surface area contributed by atoms with E-state index in [9.17, 15) is 0 Å². The molecule has 0 heterocycles. The lowest BCUT2D eigenvalue weighted by Crippen LogP contribution is -2.11. The highest BCUT2D eigenvalue weighted by atomic mass is 16.5. The van der Waals surface area contributed by atoms with Crippen molar-refractivity contribution in [1.29, 1.82) is 0 Å². The lowest BCUT2D eigenvalue weighted by atomic mass is 9.94. The lowest BCUT2D eigenvalue weighted by molar-refractivity contribution is 0.0878. The normalized spacial score (nSPS) is 12.5. The maximum atomic E-state index is 6.16. The van der Waals surface area contributed by atoms with Crippen LogP contribution in [-0.4, -0.2) is 13.2 Å². The fraction of sp³-hybridized carbons (Fsp3) is 1.00. The monoisotopic (exact) mass is 467 g/mol. The number of rotatable bonds is 29. The molecule has 0 aromatic carbocycles. The molecule has 0 N–H and O–H groups in total. The van der Waals surface area contributed by atoms with E-state index in [2.05, 4.69) is 20.8 Å². The molecule has 1 heteroatoms. The Hall–Kier alpha value is -0.0400. The van der Waals surface area contributed by atoms with Crippen LogP contribution < -0.4 is 0 Å².